The lowest BCUT2D eigenvalue weighted by atomic mass is 10.1. The number of nitrogens with two attached hydrogens (primary N) is 1. The van der Waals surface area contributed by atoms with Gasteiger partial charge in [0, 0.05) is 52.9 Å². The molecule has 132 valence electrons. The predicted molar refractivity (Wildman–Crippen MR) is 105 cm³/mol. The van der Waals surface area contributed by atoms with Gasteiger partial charge in [-0.2, -0.15) is 0 Å². The zero-order valence-electron chi connectivity index (χ0n) is 14.8. The molecule has 0 spiro atoms. The van der Waals surface area contributed by atoms with Crippen LogP contribution in [0.1, 0.15) is 17.3 Å². The molecule has 0 aliphatic rings. The molecule has 6 nitrogen and oxygen atoms in total. The molecule has 4 N–H and O–H groups in total. The molecule has 0 radical (unpaired) electrons. The first-order valence-corrected chi connectivity index (χ1v) is 8.28. The zero-order valence-corrected chi connectivity index (χ0v) is 14.8. The number of H-pyrrole nitrogens is 1. The van der Waals surface area contributed by atoms with E-state index in [9.17, 15) is 4.79 Å². The van der Waals surface area contributed by atoms with Gasteiger partial charge < -0.3 is 16.0 Å². The fourth-order valence-electron chi connectivity index (χ4n) is 2.66. The standard InChI is InChI=1S/C20H21N5O/c1-13(22-2)11-16(21)12-25-20(26)15-5-3-14(4-6-15)19-17-7-9-23-18(17)8-10-24-19/h3-11,23H,12,21H2,1-2H3,(H,25,26). The Kier molecular flexibility index (Phi) is 5.12. The van der Waals surface area contributed by atoms with Crippen molar-refractivity contribution >= 4 is 22.5 Å². The van der Waals surface area contributed by atoms with Crippen LogP contribution in [0.25, 0.3) is 22.2 Å². The number of pyridine rings is 1. The number of allylic oxidation sites excluding steroid dienone is 1. The highest BCUT2D eigenvalue weighted by atomic mass is 16.1. The molecule has 2 aromatic heterocycles. The van der Waals surface area contributed by atoms with E-state index in [-0.39, 0.29) is 12.5 Å². The number of benzene rings is 1. The van der Waals surface area contributed by atoms with E-state index in [1.807, 2.05) is 37.4 Å². The summed E-state index contributed by atoms with van der Waals surface area (Å²) in [5.41, 5.74) is 10.7. The van der Waals surface area contributed by atoms with Crippen LogP contribution in [-0.2, 0) is 0 Å². The third-order valence-corrected chi connectivity index (χ3v) is 4.10. The molecule has 0 saturated carbocycles. The number of nitrogens with one attached hydrogen (secondary N) is 2. The first-order valence-electron chi connectivity index (χ1n) is 8.28. The summed E-state index contributed by atoms with van der Waals surface area (Å²) in [7, 11) is 1.70. The molecule has 0 aliphatic heterocycles. The topological polar surface area (TPSA) is 96.2 Å². The minimum atomic E-state index is -0.174. The number of nitrogens with zero attached hydrogens (tertiary/aromatic N) is 2. The third kappa shape index (κ3) is 3.80. The summed E-state index contributed by atoms with van der Waals surface area (Å²) in [4.78, 5) is 23.9. The second-order valence-electron chi connectivity index (χ2n) is 5.94. The molecule has 3 aromatic rings. The number of aromatic nitrogens is 2. The third-order valence-electron chi connectivity index (χ3n) is 4.10. The molecule has 0 saturated heterocycles. The Morgan fingerprint density at radius 3 is 2.77 bits per heavy atom. The molecule has 0 atom stereocenters. The molecule has 0 fully saturated rings. The molecule has 2 heterocycles. The Hall–Kier alpha value is -3.41. The Bertz CT molecular complexity index is 983. The van der Waals surface area contributed by atoms with E-state index in [4.69, 9.17) is 5.73 Å². The Labute approximate surface area is 151 Å². The van der Waals surface area contributed by atoms with Gasteiger partial charge in [-0.3, -0.25) is 14.8 Å². The second-order valence-corrected chi connectivity index (χ2v) is 5.94. The van der Waals surface area contributed by atoms with Crippen molar-refractivity contribution in [3.63, 3.8) is 0 Å². The number of aromatic amines is 1. The fraction of sp³-hybridized carbons (Fsp3) is 0.150. The van der Waals surface area contributed by atoms with Crippen molar-refractivity contribution in [1.82, 2.24) is 15.3 Å². The van der Waals surface area contributed by atoms with Crippen molar-refractivity contribution in [2.75, 3.05) is 13.6 Å². The Morgan fingerprint density at radius 1 is 1.27 bits per heavy atom. The highest BCUT2D eigenvalue weighted by Gasteiger charge is 2.09. The van der Waals surface area contributed by atoms with Gasteiger partial charge in [-0.1, -0.05) is 12.1 Å². The van der Waals surface area contributed by atoms with Gasteiger partial charge in [0.2, 0.25) is 0 Å². The molecule has 0 bridgehead atoms. The van der Waals surface area contributed by atoms with E-state index in [1.165, 1.54) is 0 Å². The first kappa shape index (κ1) is 17.4. The number of hydrogen-bond donors (Lipinski definition) is 3. The monoisotopic (exact) mass is 347 g/mol. The van der Waals surface area contributed by atoms with E-state index in [1.54, 1.807) is 31.5 Å². The molecule has 6 heteroatoms. The molecule has 26 heavy (non-hydrogen) atoms. The highest BCUT2D eigenvalue weighted by Crippen LogP contribution is 2.25. The van der Waals surface area contributed by atoms with Crippen molar-refractivity contribution in [3.05, 3.63) is 66.1 Å². The number of amides is 1. The van der Waals surface area contributed by atoms with E-state index in [0.717, 1.165) is 27.9 Å². The van der Waals surface area contributed by atoms with Crippen LogP contribution in [0.2, 0.25) is 0 Å². The van der Waals surface area contributed by atoms with Crippen molar-refractivity contribution in [3.8, 4) is 11.3 Å². The molecule has 3 rings (SSSR count). The minimum absolute atomic E-state index is 0.174. The van der Waals surface area contributed by atoms with Gasteiger partial charge in [-0.25, -0.2) is 0 Å². The summed E-state index contributed by atoms with van der Waals surface area (Å²) in [5, 5.41) is 3.86. The average molecular weight is 347 g/mol. The van der Waals surface area contributed by atoms with E-state index in [2.05, 4.69) is 20.3 Å². The maximum Gasteiger partial charge on any atom is 0.251 e. The Morgan fingerprint density at radius 2 is 2.04 bits per heavy atom. The van der Waals surface area contributed by atoms with Crippen molar-refractivity contribution in [2.45, 2.75) is 6.92 Å². The average Bonchev–Trinajstić information content (AvgIpc) is 3.15. The summed E-state index contributed by atoms with van der Waals surface area (Å²) in [6.45, 7) is 2.13. The SMILES string of the molecule is CN=C(C)C=C(N)CNC(=O)c1ccc(-c2nccc3[nH]ccc23)cc1. The maximum atomic E-state index is 12.3. The number of aliphatic imine (C=N–C) groups is 1. The van der Waals surface area contributed by atoms with Crippen molar-refractivity contribution < 1.29 is 4.79 Å². The lowest BCUT2D eigenvalue weighted by Gasteiger charge is -2.07. The predicted octanol–water partition coefficient (Wildman–Crippen LogP) is 2.89. The largest absolute Gasteiger partial charge is 0.401 e. The summed E-state index contributed by atoms with van der Waals surface area (Å²) in [5.74, 6) is -0.174. The zero-order chi connectivity index (χ0) is 18.5. The number of fused-ring (bicyclic) bond motifs is 1. The number of carbonyl (C=O) groups excluding carboxylic acids is 1. The summed E-state index contributed by atoms with van der Waals surface area (Å²) < 4.78 is 0. The number of hydrogen-bond acceptors (Lipinski definition) is 4. The summed E-state index contributed by atoms with van der Waals surface area (Å²) >= 11 is 0. The van der Waals surface area contributed by atoms with E-state index < -0.39 is 0 Å². The van der Waals surface area contributed by atoms with Crippen LogP contribution in [0, 0.1) is 0 Å². The second kappa shape index (κ2) is 7.65. The molecular weight excluding hydrogens is 326 g/mol. The van der Waals surface area contributed by atoms with Gasteiger partial charge in [0.1, 0.15) is 0 Å². The summed E-state index contributed by atoms with van der Waals surface area (Å²) in [6.07, 6.45) is 5.40. The van der Waals surface area contributed by atoms with Crippen LogP contribution < -0.4 is 11.1 Å². The number of rotatable bonds is 5. The first-order chi connectivity index (χ1) is 12.6. The fourth-order valence-corrected chi connectivity index (χ4v) is 2.66. The van der Waals surface area contributed by atoms with Crippen molar-refractivity contribution in [2.24, 2.45) is 10.7 Å². The normalized spacial score (nSPS) is 12.4. The van der Waals surface area contributed by atoms with Gasteiger partial charge >= 0.3 is 0 Å². The lowest BCUT2D eigenvalue weighted by molar-refractivity contribution is 0.0957. The minimum Gasteiger partial charge on any atom is -0.401 e. The van der Waals surface area contributed by atoms with Gasteiger partial charge in [0.05, 0.1) is 12.2 Å². The quantitative estimate of drug-likeness (QED) is 0.619. The van der Waals surface area contributed by atoms with Crippen molar-refractivity contribution in [1.29, 1.82) is 0 Å². The van der Waals surface area contributed by atoms with E-state index in [0.29, 0.717) is 11.3 Å². The van der Waals surface area contributed by atoms with Crippen LogP contribution >= 0.6 is 0 Å². The van der Waals surface area contributed by atoms with Crippen LogP contribution in [0.4, 0.5) is 0 Å². The van der Waals surface area contributed by atoms with Gasteiger partial charge in [-0.15, -0.1) is 0 Å². The molecule has 1 amide bonds. The van der Waals surface area contributed by atoms with Crippen LogP contribution in [0.5, 0.6) is 0 Å². The van der Waals surface area contributed by atoms with Crippen LogP contribution in [0.3, 0.4) is 0 Å². The lowest BCUT2D eigenvalue weighted by Crippen LogP contribution is -2.28. The van der Waals surface area contributed by atoms with Crippen LogP contribution in [-0.4, -0.2) is 35.2 Å². The molecule has 0 aliphatic carbocycles. The molecule has 0 unspecified atom stereocenters. The molecular formula is C20H21N5O. The number of carbonyl (C=O) groups is 1. The van der Waals surface area contributed by atoms with Gasteiger partial charge in [-0.05, 0) is 37.3 Å². The Balaban J connectivity index is 1.72. The summed E-state index contributed by atoms with van der Waals surface area (Å²) in [6, 6.07) is 11.3. The van der Waals surface area contributed by atoms with E-state index >= 15 is 0 Å². The maximum absolute atomic E-state index is 12.3. The smallest absolute Gasteiger partial charge is 0.251 e. The molecule has 1 aromatic carbocycles. The highest BCUT2D eigenvalue weighted by molar-refractivity contribution is 5.97. The van der Waals surface area contributed by atoms with Crippen LogP contribution in [0.15, 0.2) is 65.6 Å². The van der Waals surface area contributed by atoms with Gasteiger partial charge in [0.25, 0.3) is 5.91 Å². The van der Waals surface area contributed by atoms with Gasteiger partial charge in [0.15, 0.2) is 0 Å².